The van der Waals surface area contributed by atoms with Gasteiger partial charge in [0.15, 0.2) is 0 Å². The number of nitrogens with zero attached hydrogens (tertiary/aromatic N) is 2. The first-order valence-corrected chi connectivity index (χ1v) is 26.2. The van der Waals surface area contributed by atoms with Crippen molar-refractivity contribution in [2.24, 2.45) is 17.8 Å². The van der Waals surface area contributed by atoms with Crippen molar-refractivity contribution in [3.05, 3.63) is 65.7 Å². The number of phenols is 1. The SMILES string of the molecule is CCCC(=O)N[C@@H](CC(C)C)C(=O)N[C@@H](CCC(=O)N[C@@H]1C(=O)N[C@@H](Cc2ccc(O)cc2)C(=O)N[C@H]2CC[C@@H](O)N(C2=O)[C@@H](C(C)C)C(=O)N(C)[C@@H](Cc2ccccc2)C(=O)NC([C@@H](C)CC)C(=O)O[C@@H]1C)C(=O)O. The number of piperidine rings is 1. The summed E-state index contributed by atoms with van der Waals surface area (Å²) in [5.41, 5.74) is 1.07. The van der Waals surface area contributed by atoms with Gasteiger partial charge in [0.2, 0.25) is 47.3 Å². The highest BCUT2D eigenvalue weighted by Gasteiger charge is 2.47. The van der Waals surface area contributed by atoms with Crippen molar-refractivity contribution in [2.75, 3.05) is 7.05 Å². The van der Waals surface area contributed by atoms with E-state index in [-0.39, 0.29) is 50.2 Å². The summed E-state index contributed by atoms with van der Waals surface area (Å²) in [7, 11) is 1.38. The molecule has 2 saturated heterocycles. The topological polar surface area (TPSA) is 319 Å². The van der Waals surface area contributed by atoms with Crippen LogP contribution in [-0.4, -0.2) is 152 Å². The average molecular weight is 1060 g/mol. The number of amides is 8. The Hall–Kier alpha value is -7.10. The predicted molar refractivity (Wildman–Crippen MR) is 277 cm³/mol. The Labute approximate surface area is 444 Å². The zero-order valence-corrected chi connectivity index (χ0v) is 45.0. The van der Waals surface area contributed by atoms with Gasteiger partial charge in [0, 0.05) is 32.7 Å². The molecule has 2 aliphatic heterocycles. The summed E-state index contributed by atoms with van der Waals surface area (Å²) in [6, 6.07) is 3.00. The van der Waals surface area contributed by atoms with Crippen LogP contribution in [0.1, 0.15) is 118 Å². The van der Waals surface area contributed by atoms with Gasteiger partial charge >= 0.3 is 11.9 Å². The molecule has 9 N–H and O–H groups in total. The van der Waals surface area contributed by atoms with E-state index >= 15 is 0 Å². The van der Waals surface area contributed by atoms with Crippen molar-refractivity contribution in [3.8, 4) is 5.75 Å². The molecule has 2 bridgehead atoms. The molecule has 2 heterocycles. The second-order valence-corrected chi connectivity index (χ2v) is 20.6. The molecule has 4 rings (SSSR count). The zero-order valence-electron chi connectivity index (χ0n) is 45.0. The molecule has 22 heteroatoms. The summed E-state index contributed by atoms with van der Waals surface area (Å²) in [5.74, 6) is -10.3. The number of rotatable bonds is 19. The fraction of sp³-hybridized carbons (Fsp3) is 0.593. The van der Waals surface area contributed by atoms with Crippen molar-refractivity contribution in [2.45, 2.75) is 180 Å². The molecular formula is C54H78N8O14. The molecule has 2 aromatic rings. The Bertz CT molecular complexity index is 2370. The number of carbonyl (C=O) groups is 10. The smallest absolute Gasteiger partial charge is 0.329 e. The monoisotopic (exact) mass is 1060 g/mol. The molecule has 8 amide bonds. The van der Waals surface area contributed by atoms with Crippen molar-refractivity contribution < 1.29 is 68.0 Å². The van der Waals surface area contributed by atoms with E-state index in [2.05, 4.69) is 31.9 Å². The number of aliphatic hydroxyl groups excluding tert-OH is 1. The van der Waals surface area contributed by atoms with Crippen LogP contribution in [0.25, 0.3) is 0 Å². The molecule has 418 valence electrons. The number of aliphatic carboxylic acids is 1. The Morgan fingerprint density at radius 1 is 0.763 bits per heavy atom. The number of nitrogens with one attached hydrogen (secondary N) is 6. The Balaban J connectivity index is 1.80. The number of carboxylic acid groups (broad SMARTS) is 1. The summed E-state index contributed by atoms with van der Waals surface area (Å²) in [4.78, 5) is 142. The van der Waals surface area contributed by atoms with Crippen molar-refractivity contribution in [1.29, 1.82) is 0 Å². The molecule has 2 aliphatic rings. The number of fused-ring (bicyclic) bond motifs is 2. The van der Waals surface area contributed by atoms with Crippen LogP contribution in [0.3, 0.4) is 0 Å². The van der Waals surface area contributed by atoms with Crippen molar-refractivity contribution in [1.82, 2.24) is 41.7 Å². The number of aliphatic hydroxyl groups is 1. The normalized spacial score (nSPS) is 24.4. The van der Waals surface area contributed by atoms with Gasteiger partial charge < -0.3 is 61.8 Å². The summed E-state index contributed by atoms with van der Waals surface area (Å²) in [5, 5.41) is 47.3. The Morgan fingerprint density at radius 2 is 1.41 bits per heavy atom. The van der Waals surface area contributed by atoms with Crippen molar-refractivity contribution in [3.63, 3.8) is 0 Å². The largest absolute Gasteiger partial charge is 0.508 e. The van der Waals surface area contributed by atoms with Gasteiger partial charge in [-0.2, -0.15) is 0 Å². The third kappa shape index (κ3) is 17.2. The highest BCUT2D eigenvalue weighted by atomic mass is 16.5. The second kappa shape index (κ2) is 28.7. The number of esters is 1. The van der Waals surface area contributed by atoms with Crippen LogP contribution in [0.5, 0.6) is 5.75 Å². The molecule has 1 unspecified atom stereocenters. The maximum absolute atomic E-state index is 14.8. The number of carboxylic acids is 1. The van der Waals surface area contributed by atoms with Crippen LogP contribution >= 0.6 is 0 Å². The number of hydrogen-bond acceptors (Lipinski definition) is 13. The number of ether oxygens (including phenoxy) is 1. The number of hydrogen-bond donors (Lipinski definition) is 9. The molecule has 2 aromatic carbocycles. The molecule has 0 aliphatic carbocycles. The highest BCUT2D eigenvalue weighted by molar-refractivity contribution is 5.98. The van der Waals surface area contributed by atoms with E-state index in [1.165, 1.54) is 43.1 Å². The minimum atomic E-state index is -1.81. The molecule has 2 fully saturated rings. The number of phenolic OH excluding ortho intramolecular Hbond substituents is 1. The average Bonchev–Trinajstić information content (AvgIpc) is 3.36. The van der Waals surface area contributed by atoms with Crippen LogP contribution in [0.4, 0.5) is 0 Å². The third-order valence-electron chi connectivity index (χ3n) is 13.7. The molecule has 76 heavy (non-hydrogen) atoms. The Morgan fingerprint density at radius 3 is 2.00 bits per heavy atom. The molecule has 0 aromatic heterocycles. The van der Waals surface area contributed by atoms with Gasteiger partial charge in [-0.15, -0.1) is 0 Å². The number of benzene rings is 2. The maximum atomic E-state index is 14.8. The second-order valence-electron chi connectivity index (χ2n) is 20.6. The van der Waals surface area contributed by atoms with E-state index in [1.807, 2.05) is 13.8 Å². The minimum absolute atomic E-state index is 0.0508. The van der Waals surface area contributed by atoms with Gasteiger partial charge in [-0.1, -0.05) is 97.4 Å². The maximum Gasteiger partial charge on any atom is 0.329 e. The zero-order chi connectivity index (χ0) is 56.6. The number of likely N-dealkylation sites (N-methyl/N-ethyl adjacent to an activating group) is 1. The van der Waals surface area contributed by atoms with Crippen LogP contribution in [-0.2, 0) is 65.5 Å². The van der Waals surface area contributed by atoms with Gasteiger partial charge in [0.05, 0.1) is 0 Å². The number of cyclic esters (lactones) is 1. The molecule has 0 radical (unpaired) electrons. The van der Waals surface area contributed by atoms with Crippen LogP contribution in [0, 0.1) is 17.8 Å². The first-order valence-electron chi connectivity index (χ1n) is 26.2. The van der Waals surface area contributed by atoms with E-state index in [0.29, 0.717) is 24.0 Å². The fourth-order valence-electron chi connectivity index (χ4n) is 9.19. The van der Waals surface area contributed by atoms with E-state index in [9.17, 15) is 63.3 Å². The van der Waals surface area contributed by atoms with Crippen molar-refractivity contribution >= 4 is 59.2 Å². The molecular weight excluding hydrogens is 985 g/mol. The van der Waals surface area contributed by atoms with Crippen LogP contribution < -0.4 is 31.9 Å². The highest BCUT2D eigenvalue weighted by Crippen LogP contribution is 2.27. The molecule has 0 spiro atoms. The lowest BCUT2D eigenvalue weighted by Crippen LogP contribution is -2.66. The third-order valence-corrected chi connectivity index (χ3v) is 13.7. The Kier molecular flexibility index (Phi) is 23.2. The standard InChI is InChI=1S/C54H78N8O14/c1-10-15-41(64)55-38(26-29(3)4)47(67)57-37(53(73)74)22-24-42(65)59-45-32(8)76-54(75)44(31(7)11-2)60-49(69)40(28-33-16-13-12-14-17-33)61(9)52(72)46(30(5)6)62-43(66)25-23-36(51(62)71)56-48(68)39(58-50(45)70)27-34-18-20-35(63)21-19-34/h12-14,16-21,29-32,36-40,43-46,63,66H,10-11,15,22-28H2,1-9H3,(H,55,64)(H,56,68)(H,57,67)(H,58,70)(H,59,65)(H,60,69)(H,73,74)/t31-,32+,36-,37-,38-,39-,40-,43+,44?,45-,46-/m0/s1. The number of carbonyl (C=O) groups excluding carboxylic acids is 9. The van der Waals surface area contributed by atoms with E-state index < -0.39 is 145 Å². The van der Waals surface area contributed by atoms with Gasteiger partial charge in [0.1, 0.15) is 66.4 Å². The van der Waals surface area contributed by atoms with Crippen LogP contribution in [0.2, 0.25) is 0 Å². The first kappa shape index (κ1) is 61.4. The minimum Gasteiger partial charge on any atom is -0.508 e. The summed E-state index contributed by atoms with van der Waals surface area (Å²) < 4.78 is 5.93. The van der Waals surface area contributed by atoms with E-state index in [4.69, 9.17) is 4.74 Å². The summed E-state index contributed by atoms with van der Waals surface area (Å²) in [6.45, 7) is 13.5. The van der Waals surface area contributed by atoms with Gasteiger partial charge in [0.25, 0.3) is 0 Å². The van der Waals surface area contributed by atoms with Gasteiger partial charge in [-0.3, -0.25) is 38.4 Å². The molecule has 0 saturated carbocycles. The van der Waals surface area contributed by atoms with E-state index in [1.54, 1.807) is 65.0 Å². The lowest BCUT2D eigenvalue weighted by atomic mass is 9.93. The van der Waals surface area contributed by atoms with Gasteiger partial charge in [-0.05, 0) is 80.0 Å². The molecule has 22 nitrogen and oxygen atoms in total. The lowest BCUT2D eigenvalue weighted by molar-refractivity contribution is -0.167. The number of aromatic hydroxyl groups is 1. The lowest BCUT2D eigenvalue weighted by Gasteiger charge is -2.44. The van der Waals surface area contributed by atoms with E-state index in [0.717, 1.165) is 4.90 Å². The summed E-state index contributed by atoms with van der Waals surface area (Å²) in [6.07, 6.45) is -3.47. The van der Waals surface area contributed by atoms with Crippen LogP contribution in [0.15, 0.2) is 54.6 Å². The first-order chi connectivity index (χ1) is 35.9. The summed E-state index contributed by atoms with van der Waals surface area (Å²) >= 11 is 0. The fourth-order valence-corrected chi connectivity index (χ4v) is 9.19. The quantitative estimate of drug-likeness (QED) is 0.0903. The molecule has 11 atom stereocenters. The predicted octanol–water partition coefficient (Wildman–Crippen LogP) is 1.58. The van der Waals surface area contributed by atoms with Gasteiger partial charge in [-0.25, -0.2) is 9.59 Å².